The summed E-state index contributed by atoms with van der Waals surface area (Å²) in [5.74, 6) is 0.765. The lowest BCUT2D eigenvalue weighted by Gasteiger charge is -2.41. The molecule has 0 bridgehead atoms. The Hall–Kier alpha value is -2.58. The van der Waals surface area contributed by atoms with Crippen LogP contribution in [0.4, 0.5) is 0 Å². The minimum absolute atomic E-state index is 0.0568. The summed E-state index contributed by atoms with van der Waals surface area (Å²) in [6.45, 7) is 7.13. The number of fused-ring (bicyclic) bond motifs is 1. The van der Waals surface area contributed by atoms with E-state index in [9.17, 15) is 0 Å². The third kappa shape index (κ3) is 3.63. The first-order valence-electron chi connectivity index (χ1n) is 9.72. The average molecular weight is 357 g/mol. The molecule has 2 heteroatoms. The van der Waals surface area contributed by atoms with Crippen LogP contribution in [0.2, 0.25) is 0 Å². The van der Waals surface area contributed by atoms with Crippen molar-refractivity contribution in [2.75, 3.05) is 26.7 Å². The Labute approximate surface area is 162 Å². The van der Waals surface area contributed by atoms with E-state index in [1.807, 2.05) is 0 Å². The van der Waals surface area contributed by atoms with E-state index in [4.69, 9.17) is 4.74 Å². The summed E-state index contributed by atoms with van der Waals surface area (Å²) in [5, 5.41) is 2.42. The highest BCUT2D eigenvalue weighted by atomic mass is 16.5. The Balaban J connectivity index is 1.58. The molecule has 27 heavy (non-hydrogen) atoms. The van der Waals surface area contributed by atoms with E-state index < -0.39 is 0 Å². The summed E-state index contributed by atoms with van der Waals surface area (Å²) in [4.78, 5) is 2.40. The summed E-state index contributed by atoms with van der Waals surface area (Å²) in [6, 6.07) is 25.6. The van der Waals surface area contributed by atoms with Crippen LogP contribution in [0.5, 0.6) is 0 Å². The molecule has 2 nitrogen and oxygen atoms in total. The Morgan fingerprint density at radius 3 is 2.37 bits per heavy atom. The van der Waals surface area contributed by atoms with Crippen molar-refractivity contribution in [3.63, 3.8) is 0 Å². The molecule has 4 rings (SSSR count). The smallest absolute Gasteiger partial charge is 0.120 e. The van der Waals surface area contributed by atoms with Gasteiger partial charge in [-0.3, -0.25) is 0 Å². The molecule has 1 saturated heterocycles. The fourth-order valence-electron chi connectivity index (χ4n) is 4.13. The van der Waals surface area contributed by atoms with Crippen molar-refractivity contribution in [2.45, 2.75) is 18.3 Å². The average Bonchev–Trinajstić information content (AvgIpc) is 2.73. The van der Waals surface area contributed by atoms with Crippen LogP contribution in [0.15, 0.2) is 79.4 Å². The molecule has 1 aliphatic rings. The molecule has 1 fully saturated rings. The molecule has 0 radical (unpaired) electrons. The second kappa shape index (κ2) is 7.58. The number of piperidine rings is 1. The molecule has 0 atom stereocenters. The molecule has 138 valence electrons. The second-order valence-corrected chi connectivity index (χ2v) is 7.69. The van der Waals surface area contributed by atoms with Crippen LogP contribution in [-0.4, -0.2) is 31.6 Å². The molecule has 1 heterocycles. The van der Waals surface area contributed by atoms with E-state index in [-0.39, 0.29) is 5.41 Å². The van der Waals surface area contributed by atoms with Crippen LogP contribution in [0, 0.1) is 0 Å². The molecule has 3 aromatic carbocycles. The maximum absolute atomic E-state index is 6.36. The minimum atomic E-state index is 0.0568. The molecular weight excluding hydrogens is 330 g/mol. The third-order valence-corrected chi connectivity index (χ3v) is 5.94. The van der Waals surface area contributed by atoms with Crippen LogP contribution in [0.25, 0.3) is 16.5 Å². The first-order chi connectivity index (χ1) is 13.2. The monoisotopic (exact) mass is 357 g/mol. The molecule has 0 spiro atoms. The topological polar surface area (TPSA) is 12.5 Å². The first-order valence-corrected chi connectivity index (χ1v) is 9.72. The highest BCUT2D eigenvalue weighted by molar-refractivity contribution is 5.92. The van der Waals surface area contributed by atoms with Gasteiger partial charge in [-0.25, -0.2) is 0 Å². The molecule has 0 N–H and O–H groups in total. The van der Waals surface area contributed by atoms with E-state index in [2.05, 4.69) is 91.3 Å². The third-order valence-electron chi connectivity index (χ3n) is 5.94. The van der Waals surface area contributed by atoms with Gasteiger partial charge < -0.3 is 9.64 Å². The van der Waals surface area contributed by atoms with Crippen molar-refractivity contribution in [3.05, 3.63) is 90.5 Å². The van der Waals surface area contributed by atoms with Gasteiger partial charge in [0.1, 0.15) is 5.76 Å². The predicted molar refractivity (Wildman–Crippen MR) is 114 cm³/mol. The van der Waals surface area contributed by atoms with E-state index in [0.717, 1.165) is 37.3 Å². The van der Waals surface area contributed by atoms with E-state index in [1.54, 1.807) is 0 Å². The molecule has 0 aliphatic carbocycles. The first kappa shape index (κ1) is 17.8. The zero-order valence-corrected chi connectivity index (χ0v) is 16.0. The van der Waals surface area contributed by atoms with Crippen molar-refractivity contribution < 1.29 is 4.74 Å². The van der Waals surface area contributed by atoms with E-state index >= 15 is 0 Å². The van der Waals surface area contributed by atoms with Gasteiger partial charge >= 0.3 is 0 Å². The molecule has 0 saturated carbocycles. The maximum atomic E-state index is 6.36. The van der Waals surface area contributed by atoms with Gasteiger partial charge in [0.05, 0.1) is 6.61 Å². The number of ether oxygens (including phenoxy) is 1. The Kier molecular flexibility index (Phi) is 5.00. The van der Waals surface area contributed by atoms with Gasteiger partial charge in [0.15, 0.2) is 0 Å². The Bertz CT molecular complexity index is 918. The fourth-order valence-corrected chi connectivity index (χ4v) is 4.13. The van der Waals surface area contributed by atoms with Crippen LogP contribution < -0.4 is 0 Å². The van der Waals surface area contributed by atoms with Crippen LogP contribution >= 0.6 is 0 Å². The minimum Gasteiger partial charge on any atom is -0.493 e. The van der Waals surface area contributed by atoms with Crippen molar-refractivity contribution in [3.8, 4) is 0 Å². The highest BCUT2D eigenvalue weighted by Crippen LogP contribution is 2.37. The van der Waals surface area contributed by atoms with Gasteiger partial charge in [0.25, 0.3) is 0 Å². The Morgan fingerprint density at radius 2 is 1.59 bits per heavy atom. The second-order valence-electron chi connectivity index (χ2n) is 7.69. The quantitative estimate of drug-likeness (QED) is 0.560. The highest BCUT2D eigenvalue weighted by Gasteiger charge is 2.36. The molecule has 1 aliphatic heterocycles. The zero-order valence-electron chi connectivity index (χ0n) is 16.0. The summed E-state index contributed by atoms with van der Waals surface area (Å²) < 4.78 is 6.36. The number of benzene rings is 3. The standard InChI is InChI=1S/C25H27NO/c1-20(23-14-8-10-21-9-6-7-13-24(21)23)27-19-25(15-17-26(2)18-16-25)22-11-4-3-5-12-22/h3-14H,1,15-19H2,2H3. The number of nitrogens with zero attached hydrogens (tertiary/aromatic N) is 1. The zero-order chi connectivity index (χ0) is 18.7. The van der Waals surface area contributed by atoms with Crippen molar-refractivity contribution in [1.29, 1.82) is 0 Å². The van der Waals surface area contributed by atoms with Gasteiger partial charge in [0.2, 0.25) is 0 Å². The largest absolute Gasteiger partial charge is 0.493 e. The number of likely N-dealkylation sites (tertiary alicyclic amines) is 1. The molecule has 3 aromatic rings. The van der Waals surface area contributed by atoms with Gasteiger partial charge in [-0.05, 0) is 49.3 Å². The lowest BCUT2D eigenvalue weighted by atomic mass is 9.73. The van der Waals surface area contributed by atoms with Crippen molar-refractivity contribution >= 4 is 16.5 Å². The van der Waals surface area contributed by atoms with Crippen LogP contribution in [0.1, 0.15) is 24.0 Å². The normalized spacial score (nSPS) is 16.9. The number of rotatable bonds is 5. The van der Waals surface area contributed by atoms with E-state index in [1.165, 1.54) is 16.3 Å². The van der Waals surface area contributed by atoms with Gasteiger partial charge in [-0.1, -0.05) is 79.4 Å². The fraction of sp³-hybridized carbons (Fsp3) is 0.280. The molecule has 0 amide bonds. The van der Waals surface area contributed by atoms with Crippen molar-refractivity contribution in [2.24, 2.45) is 0 Å². The summed E-state index contributed by atoms with van der Waals surface area (Å²) >= 11 is 0. The Morgan fingerprint density at radius 1 is 0.926 bits per heavy atom. The maximum Gasteiger partial charge on any atom is 0.120 e. The molecular formula is C25H27NO. The molecule has 0 aromatic heterocycles. The SMILES string of the molecule is C=C(OCC1(c2ccccc2)CCN(C)CC1)c1cccc2ccccc12. The summed E-state index contributed by atoms with van der Waals surface area (Å²) in [5.41, 5.74) is 2.52. The number of hydrogen-bond donors (Lipinski definition) is 0. The lowest BCUT2D eigenvalue weighted by molar-refractivity contribution is 0.112. The van der Waals surface area contributed by atoms with Crippen molar-refractivity contribution in [1.82, 2.24) is 4.90 Å². The van der Waals surface area contributed by atoms with Gasteiger partial charge in [-0.15, -0.1) is 0 Å². The molecule has 0 unspecified atom stereocenters. The van der Waals surface area contributed by atoms with E-state index in [0.29, 0.717) is 6.61 Å². The number of hydrogen-bond acceptors (Lipinski definition) is 2. The van der Waals surface area contributed by atoms with Crippen LogP contribution in [-0.2, 0) is 10.2 Å². The van der Waals surface area contributed by atoms with Crippen LogP contribution in [0.3, 0.4) is 0 Å². The predicted octanol–water partition coefficient (Wildman–Crippen LogP) is 5.49. The summed E-state index contributed by atoms with van der Waals surface area (Å²) in [6.07, 6.45) is 2.21. The summed E-state index contributed by atoms with van der Waals surface area (Å²) in [7, 11) is 2.20. The lowest BCUT2D eigenvalue weighted by Crippen LogP contribution is -2.43. The van der Waals surface area contributed by atoms with Gasteiger partial charge in [0, 0.05) is 11.0 Å². The van der Waals surface area contributed by atoms with Gasteiger partial charge in [-0.2, -0.15) is 0 Å².